The van der Waals surface area contributed by atoms with E-state index in [4.69, 9.17) is 4.99 Å². The van der Waals surface area contributed by atoms with Gasteiger partial charge in [-0.15, -0.1) is 11.3 Å². The summed E-state index contributed by atoms with van der Waals surface area (Å²) in [6, 6.07) is 8.60. The summed E-state index contributed by atoms with van der Waals surface area (Å²) in [6.07, 6.45) is 5.06. The first-order chi connectivity index (χ1) is 11.3. The number of nitrogens with zero attached hydrogens (tertiary/aromatic N) is 3. The first kappa shape index (κ1) is 16.0. The third-order valence-electron chi connectivity index (χ3n) is 4.01. The summed E-state index contributed by atoms with van der Waals surface area (Å²) in [5.74, 6) is 0.990. The van der Waals surface area contributed by atoms with Crippen LogP contribution in [0, 0.1) is 0 Å². The minimum atomic E-state index is 0.775. The predicted molar refractivity (Wildman–Crippen MR) is 98.7 cm³/mol. The number of hydrogen-bond donors (Lipinski definition) is 1. The average Bonchev–Trinajstić information content (AvgIpc) is 3.20. The molecule has 0 spiro atoms. The standard InChI is InChI=1S/C18H24N4S/c1-3-15-13-21-17(23-15)9-11-20-18(19-4-2)22-12-10-14-7-5-6-8-16(14)22/h5-8,13H,3-4,9-12H2,1-2H3,(H,19,20). The summed E-state index contributed by atoms with van der Waals surface area (Å²) >= 11 is 1.80. The first-order valence-electron chi connectivity index (χ1n) is 8.39. The fraction of sp³-hybridized carbons (Fsp3) is 0.444. The lowest BCUT2D eigenvalue weighted by molar-refractivity contribution is 0.869. The number of hydrogen-bond acceptors (Lipinski definition) is 3. The molecule has 1 N–H and O–H groups in total. The van der Waals surface area contributed by atoms with E-state index >= 15 is 0 Å². The first-order valence-corrected chi connectivity index (χ1v) is 9.20. The molecule has 3 rings (SSSR count). The van der Waals surface area contributed by atoms with Crippen molar-refractivity contribution in [2.45, 2.75) is 33.1 Å². The van der Waals surface area contributed by atoms with E-state index in [2.05, 4.69) is 53.3 Å². The average molecular weight is 328 g/mol. The van der Waals surface area contributed by atoms with Crippen LogP contribution in [0.2, 0.25) is 0 Å². The summed E-state index contributed by atoms with van der Waals surface area (Å²) in [4.78, 5) is 13.0. The molecular weight excluding hydrogens is 304 g/mol. The van der Waals surface area contributed by atoms with Gasteiger partial charge >= 0.3 is 0 Å². The number of anilines is 1. The van der Waals surface area contributed by atoms with E-state index in [9.17, 15) is 0 Å². The molecule has 2 aromatic rings. The van der Waals surface area contributed by atoms with Gasteiger partial charge in [-0.3, -0.25) is 4.99 Å². The second kappa shape index (κ2) is 7.59. The molecule has 0 radical (unpaired) electrons. The maximum atomic E-state index is 4.82. The lowest BCUT2D eigenvalue weighted by Crippen LogP contribution is -2.40. The Kier molecular flexibility index (Phi) is 5.28. The Hall–Kier alpha value is -1.88. The Morgan fingerprint density at radius 3 is 3.00 bits per heavy atom. The van der Waals surface area contributed by atoms with Gasteiger partial charge in [0.2, 0.25) is 0 Å². The van der Waals surface area contributed by atoms with E-state index in [0.29, 0.717) is 0 Å². The highest BCUT2D eigenvalue weighted by molar-refractivity contribution is 7.11. The van der Waals surface area contributed by atoms with Gasteiger partial charge in [0.25, 0.3) is 0 Å². The van der Waals surface area contributed by atoms with Gasteiger partial charge in [-0.1, -0.05) is 25.1 Å². The van der Waals surface area contributed by atoms with Gasteiger partial charge in [-0.05, 0) is 31.4 Å². The fourth-order valence-corrected chi connectivity index (χ4v) is 3.69. The van der Waals surface area contributed by atoms with Gasteiger partial charge in [0, 0.05) is 42.8 Å². The molecule has 122 valence electrons. The molecule has 0 amide bonds. The molecule has 0 unspecified atom stereocenters. The number of nitrogens with one attached hydrogen (secondary N) is 1. The van der Waals surface area contributed by atoms with Crippen molar-refractivity contribution in [3.05, 3.63) is 45.9 Å². The largest absolute Gasteiger partial charge is 0.356 e. The van der Waals surface area contributed by atoms with Crippen LogP contribution in [-0.4, -0.2) is 30.6 Å². The lowest BCUT2D eigenvalue weighted by atomic mass is 10.2. The van der Waals surface area contributed by atoms with Gasteiger partial charge in [0.1, 0.15) is 0 Å². The van der Waals surface area contributed by atoms with Crippen molar-refractivity contribution in [1.29, 1.82) is 0 Å². The third-order valence-corrected chi connectivity index (χ3v) is 5.22. The third kappa shape index (κ3) is 3.72. The Morgan fingerprint density at radius 1 is 1.35 bits per heavy atom. The lowest BCUT2D eigenvalue weighted by Gasteiger charge is -2.22. The molecule has 4 nitrogen and oxygen atoms in total. The molecule has 0 aliphatic carbocycles. The second-order valence-electron chi connectivity index (χ2n) is 5.59. The molecule has 0 bridgehead atoms. The molecule has 0 saturated heterocycles. The summed E-state index contributed by atoms with van der Waals surface area (Å²) in [7, 11) is 0. The van der Waals surface area contributed by atoms with E-state index in [0.717, 1.165) is 44.9 Å². The Bertz CT molecular complexity index is 677. The van der Waals surface area contributed by atoms with Crippen molar-refractivity contribution in [3.63, 3.8) is 0 Å². The smallest absolute Gasteiger partial charge is 0.198 e. The minimum Gasteiger partial charge on any atom is -0.356 e. The molecule has 2 heterocycles. The van der Waals surface area contributed by atoms with Crippen molar-refractivity contribution in [1.82, 2.24) is 10.3 Å². The van der Waals surface area contributed by atoms with Crippen LogP contribution in [0.25, 0.3) is 0 Å². The van der Waals surface area contributed by atoms with Crippen LogP contribution in [0.15, 0.2) is 35.5 Å². The van der Waals surface area contributed by atoms with Crippen LogP contribution in [0.5, 0.6) is 0 Å². The van der Waals surface area contributed by atoms with Crippen LogP contribution in [0.4, 0.5) is 5.69 Å². The number of benzene rings is 1. The molecule has 5 heteroatoms. The molecular formula is C18H24N4S. The molecule has 23 heavy (non-hydrogen) atoms. The van der Waals surface area contributed by atoms with Crippen LogP contribution >= 0.6 is 11.3 Å². The zero-order chi connectivity index (χ0) is 16.1. The number of thiazole rings is 1. The highest BCUT2D eigenvalue weighted by Gasteiger charge is 2.22. The van der Waals surface area contributed by atoms with Crippen molar-refractivity contribution in [2.24, 2.45) is 4.99 Å². The molecule has 1 aromatic heterocycles. The number of fused-ring (bicyclic) bond motifs is 1. The number of aryl methyl sites for hydroxylation is 1. The number of para-hydroxylation sites is 1. The SMILES string of the molecule is CCNC(=NCCc1ncc(CC)s1)N1CCc2ccccc21. The number of guanidine groups is 1. The zero-order valence-corrected chi connectivity index (χ0v) is 14.7. The highest BCUT2D eigenvalue weighted by atomic mass is 32.1. The molecule has 1 aromatic carbocycles. The highest BCUT2D eigenvalue weighted by Crippen LogP contribution is 2.27. The van der Waals surface area contributed by atoms with Crippen molar-refractivity contribution >= 4 is 23.0 Å². The summed E-state index contributed by atoms with van der Waals surface area (Å²) in [6.45, 7) is 6.95. The van der Waals surface area contributed by atoms with E-state index in [-0.39, 0.29) is 0 Å². The number of aliphatic imine (C=N–C) groups is 1. The van der Waals surface area contributed by atoms with E-state index < -0.39 is 0 Å². The summed E-state index contributed by atoms with van der Waals surface area (Å²) < 4.78 is 0. The topological polar surface area (TPSA) is 40.5 Å². The van der Waals surface area contributed by atoms with E-state index in [1.165, 1.54) is 21.1 Å². The number of rotatable bonds is 5. The summed E-state index contributed by atoms with van der Waals surface area (Å²) in [5, 5.41) is 4.61. The number of aromatic nitrogens is 1. The van der Waals surface area contributed by atoms with Gasteiger partial charge < -0.3 is 10.2 Å². The maximum absolute atomic E-state index is 4.82. The normalized spacial score (nSPS) is 14.2. The van der Waals surface area contributed by atoms with Crippen LogP contribution < -0.4 is 10.2 Å². The quantitative estimate of drug-likeness (QED) is 0.676. The van der Waals surface area contributed by atoms with Gasteiger partial charge in [-0.2, -0.15) is 0 Å². The fourth-order valence-electron chi connectivity index (χ4n) is 2.84. The Balaban J connectivity index is 1.69. The van der Waals surface area contributed by atoms with Crippen molar-refractivity contribution < 1.29 is 0 Å². The van der Waals surface area contributed by atoms with Crippen LogP contribution in [0.3, 0.4) is 0 Å². The molecule has 0 atom stereocenters. The van der Waals surface area contributed by atoms with Crippen molar-refractivity contribution in [2.75, 3.05) is 24.5 Å². The Labute approximate surface area is 142 Å². The minimum absolute atomic E-state index is 0.775. The molecule has 0 saturated carbocycles. The molecule has 1 aliphatic heterocycles. The van der Waals surface area contributed by atoms with E-state index in [1.807, 2.05) is 6.20 Å². The summed E-state index contributed by atoms with van der Waals surface area (Å²) in [5.41, 5.74) is 2.69. The molecule has 0 fully saturated rings. The van der Waals surface area contributed by atoms with E-state index in [1.54, 1.807) is 11.3 Å². The van der Waals surface area contributed by atoms with Crippen LogP contribution in [-0.2, 0) is 19.3 Å². The predicted octanol–water partition coefficient (Wildman–Crippen LogP) is 3.28. The second-order valence-corrected chi connectivity index (χ2v) is 6.79. The maximum Gasteiger partial charge on any atom is 0.198 e. The van der Waals surface area contributed by atoms with Gasteiger partial charge in [-0.25, -0.2) is 4.98 Å². The Morgan fingerprint density at radius 2 is 2.22 bits per heavy atom. The van der Waals surface area contributed by atoms with Gasteiger partial charge in [0.15, 0.2) is 5.96 Å². The van der Waals surface area contributed by atoms with Gasteiger partial charge in [0.05, 0.1) is 5.01 Å². The molecule has 1 aliphatic rings. The van der Waals surface area contributed by atoms with Crippen molar-refractivity contribution in [3.8, 4) is 0 Å². The zero-order valence-electron chi connectivity index (χ0n) is 13.9. The monoisotopic (exact) mass is 328 g/mol. The van der Waals surface area contributed by atoms with Crippen LogP contribution in [0.1, 0.15) is 29.3 Å².